The molecule has 1 heterocycles. The molecule has 0 atom stereocenters. The number of amides is 1. The second-order valence-corrected chi connectivity index (χ2v) is 3.84. The highest BCUT2D eigenvalue weighted by molar-refractivity contribution is 6.04. The van der Waals surface area contributed by atoms with Crippen LogP contribution in [0.1, 0.15) is 27.8 Å². The number of H-pyrrole nitrogens is 1. The number of anilines is 1. The third-order valence-electron chi connectivity index (χ3n) is 2.47. The summed E-state index contributed by atoms with van der Waals surface area (Å²) in [7, 11) is 0. The first-order chi connectivity index (χ1) is 9.20. The number of carbonyl (C=O) groups excluding carboxylic acids is 2. The van der Waals surface area contributed by atoms with Crippen LogP contribution in [0.25, 0.3) is 0 Å². The van der Waals surface area contributed by atoms with E-state index in [0.29, 0.717) is 23.6 Å². The van der Waals surface area contributed by atoms with Crippen LogP contribution >= 0.6 is 0 Å². The predicted molar refractivity (Wildman–Crippen MR) is 71.1 cm³/mol. The van der Waals surface area contributed by atoms with Crippen molar-refractivity contribution in [2.75, 3.05) is 11.9 Å². The summed E-state index contributed by atoms with van der Waals surface area (Å²) >= 11 is 0. The van der Waals surface area contributed by atoms with Crippen molar-refractivity contribution in [2.45, 2.75) is 6.92 Å². The summed E-state index contributed by atoms with van der Waals surface area (Å²) < 4.78 is 4.85. The standard InChI is InChI=1S/C14H14N2O3/c1-2-19-14(18)12-8-11(9-15-12)16-13(17)10-6-4-3-5-7-10/h3-9,15H,2H2,1H3,(H,16,17). The molecule has 19 heavy (non-hydrogen) atoms. The molecule has 0 aliphatic heterocycles. The third kappa shape index (κ3) is 3.22. The number of rotatable bonds is 4. The van der Waals surface area contributed by atoms with Gasteiger partial charge >= 0.3 is 5.97 Å². The molecular formula is C14H14N2O3. The van der Waals surface area contributed by atoms with E-state index in [1.807, 2.05) is 6.07 Å². The molecule has 5 nitrogen and oxygen atoms in total. The second-order valence-electron chi connectivity index (χ2n) is 3.84. The largest absolute Gasteiger partial charge is 0.461 e. The van der Waals surface area contributed by atoms with Crippen molar-refractivity contribution in [1.29, 1.82) is 0 Å². The lowest BCUT2D eigenvalue weighted by Crippen LogP contribution is -2.11. The number of nitrogens with one attached hydrogen (secondary N) is 2. The van der Waals surface area contributed by atoms with Crippen molar-refractivity contribution >= 4 is 17.6 Å². The van der Waals surface area contributed by atoms with Gasteiger partial charge in [-0.15, -0.1) is 0 Å². The van der Waals surface area contributed by atoms with Gasteiger partial charge in [0.25, 0.3) is 5.91 Å². The van der Waals surface area contributed by atoms with Gasteiger partial charge in [-0.25, -0.2) is 4.79 Å². The first kappa shape index (κ1) is 12.9. The van der Waals surface area contributed by atoms with Crippen LogP contribution < -0.4 is 5.32 Å². The Kier molecular flexibility index (Phi) is 3.97. The van der Waals surface area contributed by atoms with Crippen molar-refractivity contribution in [3.8, 4) is 0 Å². The van der Waals surface area contributed by atoms with Crippen LogP contribution in [0.3, 0.4) is 0 Å². The molecule has 2 aromatic rings. The minimum Gasteiger partial charge on any atom is -0.461 e. The van der Waals surface area contributed by atoms with Gasteiger partial charge in [-0.2, -0.15) is 0 Å². The summed E-state index contributed by atoms with van der Waals surface area (Å²) in [6, 6.07) is 10.4. The quantitative estimate of drug-likeness (QED) is 0.827. The van der Waals surface area contributed by atoms with Crippen LogP contribution in [-0.2, 0) is 4.74 Å². The van der Waals surface area contributed by atoms with E-state index in [1.165, 1.54) is 0 Å². The molecule has 0 saturated carbocycles. The summed E-state index contributed by atoms with van der Waals surface area (Å²) in [6.07, 6.45) is 1.55. The maximum absolute atomic E-state index is 11.9. The molecule has 98 valence electrons. The molecule has 1 aromatic heterocycles. The van der Waals surface area contributed by atoms with E-state index >= 15 is 0 Å². The van der Waals surface area contributed by atoms with Gasteiger partial charge in [-0.05, 0) is 25.1 Å². The number of benzene rings is 1. The van der Waals surface area contributed by atoms with E-state index in [-0.39, 0.29) is 5.91 Å². The minimum absolute atomic E-state index is 0.227. The summed E-state index contributed by atoms with van der Waals surface area (Å²) in [5, 5.41) is 2.70. The lowest BCUT2D eigenvalue weighted by Gasteiger charge is -2.01. The Morgan fingerprint density at radius 1 is 1.26 bits per heavy atom. The van der Waals surface area contributed by atoms with Crippen LogP contribution in [0.5, 0.6) is 0 Å². The van der Waals surface area contributed by atoms with Gasteiger partial charge in [0.2, 0.25) is 0 Å². The molecule has 0 bridgehead atoms. The van der Waals surface area contributed by atoms with Crippen LogP contribution in [0, 0.1) is 0 Å². The lowest BCUT2D eigenvalue weighted by atomic mass is 10.2. The van der Waals surface area contributed by atoms with Crippen LogP contribution in [0.15, 0.2) is 42.6 Å². The van der Waals surface area contributed by atoms with E-state index in [2.05, 4.69) is 10.3 Å². The van der Waals surface area contributed by atoms with Crippen molar-refractivity contribution in [3.63, 3.8) is 0 Å². The molecule has 0 spiro atoms. The first-order valence-electron chi connectivity index (χ1n) is 5.92. The van der Waals surface area contributed by atoms with Gasteiger partial charge in [0.1, 0.15) is 5.69 Å². The van der Waals surface area contributed by atoms with Gasteiger partial charge in [0.15, 0.2) is 0 Å². The van der Waals surface area contributed by atoms with Crippen molar-refractivity contribution in [2.24, 2.45) is 0 Å². The Balaban J connectivity index is 2.04. The highest BCUT2D eigenvalue weighted by atomic mass is 16.5. The molecule has 2 N–H and O–H groups in total. The number of carbonyl (C=O) groups is 2. The normalized spacial score (nSPS) is 9.95. The fourth-order valence-electron chi connectivity index (χ4n) is 1.59. The summed E-state index contributed by atoms with van der Waals surface area (Å²) in [4.78, 5) is 26.1. The third-order valence-corrected chi connectivity index (χ3v) is 2.47. The Labute approximate surface area is 110 Å². The number of esters is 1. The monoisotopic (exact) mass is 258 g/mol. The van der Waals surface area contributed by atoms with Crippen LogP contribution in [0.2, 0.25) is 0 Å². The van der Waals surface area contributed by atoms with Gasteiger partial charge in [-0.1, -0.05) is 18.2 Å². The maximum Gasteiger partial charge on any atom is 0.354 e. The summed E-state index contributed by atoms with van der Waals surface area (Å²) in [5.74, 6) is -0.669. The molecule has 0 unspecified atom stereocenters. The van der Waals surface area contributed by atoms with Crippen molar-refractivity contribution in [1.82, 2.24) is 4.98 Å². The fraction of sp³-hybridized carbons (Fsp3) is 0.143. The van der Waals surface area contributed by atoms with E-state index in [9.17, 15) is 9.59 Å². The number of hydrogen-bond acceptors (Lipinski definition) is 3. The Morgan fingerprint density at radius 3 is 2.68 bits per heavy atom. The smallest absolute Gasteiger partial charge is 0.354 e. The van der Waals surface area contributed by atoms with Gasteiger partial charge in [-0.3, -0.25) is 4.79 Å². The molecule has 0 saturated heterocycles. The molecular weight excluding hydrogens is 244 g/mol. The van der Waals surface area contributed by atoms with E-state index in [1.54, 1.807) is 43.5 Å². The van der Waals surface area contributed by atoms with Crippen molar-refractivity contribution < 1.29 is 14.3 Å². The molecule has 1 aromatic carbocycles. The zero-order valence-electron chi connectivity index (χ0n) is 10.5. The highest BCUT2D eigenvalue weighted by Gasteiger charge is 2.11. The van der Waals surface area contributed by atoms with E-state index in [4.69, 9.17) is 4.74 Å². The molecule has 2 rings (SSSR count). The molecule has 0 radical (unpaired) electrons. The zero-order valence-corrected chi connectivity index (χ0v) is 10.5. The van der Waals surface area contributed by atoms with Gasteiger partial charge < -0.3 is 15.0 Å². The zero-order chi connectivity index (χ0) is 13.7. The average molecular weight is 258 g/mol. The Bertz CT molecular complexity index is 575. The fourth-order valence-corrected chi connectivity index (χ4v) is 1.59. The minimum atomic E-state index is -0.442. The highest BCUT2D eigenvalue weighted by Crippen LogP contribution is 2.12. The van der Waals surface area contributed by atoms with E-state index in [0.717, 1.165) is 0 Å². The maximum atomic E-state index is 11.9. The van der Waals surface area contributed by atoms with Crippen LogP contribution in [0.4, 0.5) is 5.69 Å². The van der Waals surface area contributed by atoms with E-state index < -0.39 is 5.97 Å². The SMILES string of the molecule is CCOC(=O)c1cc(NC(=O)c2ccccc2)c[nH]1. The van der Waals surface area contributed by atoms with Gasteiger partial charge in [0, 0.05) is 11.8 Å². The molecule has 0 aliphatic carbocycles. The molecule has 0 fully saturated rings. The van der Waals surface area contributed by atoms with Crippen molar-refractivity contribution in [3.05, 3.63) is 53.9 Å². The summed E-state index contributed by atoms with van der Waals surface area (Å²) in [6.45, 7) is 2.04. The van der Waals surface area contributed by atoms with Gasteiger partial charge in [0.05, 0.1) is 12.3 Å². The number of aromatic amines is 1. The Hall–Kier alpha value is -2.56. The summed E-state index contributed by atoms with van der Waals surface area (Å²) in [5.41, 5.74) is 1.39. The van der Waals surface area contributed by atoms with Crippen LogP contribution in [-0.4, -0.2) is 23.5 Å². The first-order valence-corrected chi connectivity index (χ1v) is 5.92. The second kappa shape index (κ2) is 5.86. The Morgan fingerprint density at radius 2 is 2.00 bits per heavy atom. The lowest BCUT2D eigenvalue weighted by molar-refractivity contribution is 0.0520. The molecule has 5 heteroatoms. The number of hydrogen-bond donors (Lipinski definition) is 2. The average Bonchev–Trinajstić information content (AvgIpc) is 2.88. The topological polar surface area (TPSA) is 71.2 Å². The number of ether oxygens (including phenoxy) is 1. The number of aromatic nitrogens is 1. The predicted octanol–water partition coefficient (Wildman–Crippen LogP) is 2.44. The molecule has 0 aliphatic rings. The molecule has 1 amide bonds.